The fraction of sp³-hybridized carbons (Fsp3) is 0.278. The number of nitrogens with zero attached hydrogens (tertiary/aromatic N) is 2. The molecule has 1 atom stereocenters. The second-order valence-electron chi connectivity index (χ2n) is 6.22. The Balaban J connectivity index is 2.23. The van der Waals surface area contributed by atoms with Gasteiger partial charge in [-0.2, -0.15) is 0 Å². The number of sulfonamides is 1. The van der Waals surface area contributed by atoms with Crippen LogP contribution in [0.15, 0.2) is 48.5 Å². The largest absolute Gasteiger partial charge is 0.350 e. The molecule has 0 aliphatic heterocycles. The molecule has 8 nitrogen and oxygen atoms in total. The number of benzene rings is 2. The molecule has 2 rings (SSSR count). The van der Waals surface area contributed by atoms with Crippen LogP contribution in [0.1, 0.15) is 18.1 Å². The number of rotatable bonds is 7. The van der Waals surface area contributed by atoms with Gasteiger partial charge in [-0.3, -0.25) is 19.2 Å². The number of non-ortho nitro benzene ring substituents is 1. The van der Waals surface area contributed by atoms with E-state index in [0.29, 0.717) is 0 Å². The Morgan fingerprint density at radius 1 is 1.22 bits per heavy atom. The summed E-state index contributed by atoms with van der Waals surface area (Å²) in [4.78, 5) is 22.9. The van der Waals surface area contributed by atoms with Crippen LogP contribution in [0, 0.1) is 17.0 Å². The van der Waals surface area contributed by atoms with Gasteiger partial charge in [-0.15, -0.1) is 0 Å². The van der Waals surface area contributed by atoms with Gasteiger partial charge in [0.25, 0.3) is 5.69 Å². The molecule has 9 heteroatoms. The predicted octanol–water partition coefficient (Wildman–Crippen LogP) is 2.37. The van der Waals surface area contributed by atoms with Gasteiger partial charge in [0.2, 0.25) is 15.9 Å². The van der Waals surface area contributed by atoms with Gasteiger partial charge < -0.3 is 5.32 Å². The summed E-state index contributed by atoms with van der Waals surface area (Å²) in [6.45, 7) is 3.63. The quantitative estimate of drug-likeness (QED) is 0.576. The van der Waals surface area contributed by atoms with Gasteiger partial charge in [0.15, 0.2) is 0 Å². The maximum atomic E-state index is 12.5. The lowest BCUT2D eigenvalue weighted by molar-refractivity contribution is -0.384. The van der Waals surface area contributed by atoms with Crippen LogP contribution in [0.25, 0.3) is 0 Å². The molecule has 144 valence electrons. The number of amides is 1. The van der Waals surface area contributed by atoms with Crippen LogP contribution >= 0.6 is 0 Å². The second kappa shape index (κ2) is 8.17. The van der Waals surface area contributed by atoms with E-state index < -0.39 is 26.9 Å². The number of hydrogen-bond donors (Lipinski definition) is 1. The van der Waals surface area contributed by atoms with E-state index in [2.05, 4.69) is 5.32 Å². The van der Waals surface area contributed by atoms with Crippen LogP contribution in [-0.4, -0.2) is 31.5 Å². The fourth-order valence-electron chi connectivity index (χ4n) is 2.60. The molecule has 0 aliphatic carbocycles. The zero-order chi connectivity index (χ0) is 20.2. The van der Waals surface area contributed by atoms with Gasteiger partial charge in [0.1, 0.15) is 6.04 Å². The van der Waals surface area contributed by atoms with Crippen LogP contribution in [0.3, 0.4) is 0 Å². The molecule has 2 aromatic carbocycles. The summed E-state index contributed by atoms with van der Waals surface area (Å²) >= 11 is 0. The van der Waals surface area contributed by atoms with E-state index in [9.17, 15) is 23.3 Å². The number of nitro benzene ring substituents is 1. The molecule has 0 aliphatic rings. The minimum atomic E-state index is -3.84. The first-order valence-corrected chi connectivity index (χ1v) is 10.0. The Morgan fingerprint density at radius 3 is 2.41 bits per heavy atom. The maximum Gasteiger partial charge on any atom is 0.271 e. The zero-order valence-corrected chi connectivity index (χ0v) is 16.1. The highest BCUT2D eigenvalue weighted by Gasteiger charge is 2.29. The molecule has 1 N–H and O–H groups in total. The van der Waals surface area contributed by atoms with Crippen molar-refractivity contribution in [3.8, 4) is 0 Å². The molecule has 0 aromatic heterocycles. The normalized spacial score (nSPS) is 12.3. The van der Waals surface area contributed by atoms with E-state index in [0.717, 1.165) is 27.8 Å². The van der Waals surface area contributed by atoms with E-state index in [1.54, 1.807) is 0 Å². The van der Waals surface area contributed by atoms with E-state index >= 15 is 0 Å². The van der Waals surface area contributed by atoms with Crippen LogP contribution in [0.2, 0.25) is 0 Å². The molecule has 0 saturated heterocycles. The number of anilines is 1. The number of aryl methyl sites for hydroxylation is 1. The molecule has 0 heterocycles. The molecule has 0 spiro atoms. The molecule has 0 unspecified atom stereocenters. The minimum Gasteiger partial charge on any atom is -0.350 e. The van der Waals surface area contributed by atoms with Crippen molar-refractivity contribution in [3.05, 3.63) is 69.8 Å². The van der Waals surface area contributed by atoms with Crippen molar-refractivity contribution in [2.45, 2.75) is 26.4 Å². The van der Waals surface area contributed by atoms with E-state index in [4.69, 9.17) is 0 Å². The lowest BCUT2D eigenvalue weighted by Crippen LogP contribution is -2.47. The molecular weight excluding hydrogens is 370 g/mol. The number of nitro groups is 1. The number of carbonyl (C=O) groups is 1. The van der Waals surface area contributed by atoms with Crippen molar-refractivity contribution >= 4 is 27.3 Å². The SMILES string of the molecule is Cc1ccc(CNC(=O)[C@@H](C)N(c2cccc([N+](=O)[O-])c2)S(C)(=O)=O)cc1. The first-order valence-electron chi connectivity index (χ1n) is 8.16. The molecule has 0 saturated carbocycles. The molecule has 1 amide bonds. The standard InChI is InChI=1S/C18H21N3O5S/c1-13-7-9-15(10-8-13)12-19-18(22)14(2)20(27(3,25)26)16-5-4-6-17(11-16)21(23)24/h4-11,14H,12H2,1-3H3,(H,19,22)/t14-/m1/s1. The van der Waals surface area contributed by atoms with Crippen molar-refractivity contribution in [2.24, 2.45) is 0 Å². The first-order chi connectivity index (χ1) is 12.6. The van der Waals surface area contributed by atoms with Crippen LogP contribution in [-0.2, 0) is 21.4 Å². The van der Waals surface area contributed by atoms with Gasteiger partial charge in [0, 0.05) is 18.7 Å². The number of carbonyl (C=O) groups excluding carboxylic acids is 1. The number of nitrogens with one attached hydrogen (secondary N) is 1. The molecule has 0 radical (unpaired) electrons. The molecule has 2 aromatic rings. The van der Waals surface area contributed by atoms with Gasteiger partial charge in [-0.25, -0.2) is 8.42 Å². The summed E-state index contributed by atoms with van der Waals surface area (Å²) in [5.41, 5.74) is 1.77. The van der Waals surface area contributed by atoms with E-state index in [1.165, 1.54) is 25.1 Å². The second-order valence-corrected chi connectivity index (χ2v) is 8.07. The van der Waals surface area contributed by atoms with Gasteiger partial charge in [-0.05, 0) is 25.5 Å². The van der Waals surface area contributed by atoms with Crippen molar-refractivity contribution < 1.29 is 18.1 Å². The minimum absolute atomic E-state index is 0.0599. The fourth-order valence-corrected chi connectivity index (χ4v) is 3.76. The Labute approximate surface area is 158 Å². The molecular formula is C18H21N3O5S. The average molecular weight is 391 g/mol. The van der Waals surface area contributed by atoms with Crippen molar-refractivity contribution in [1.82, 2.24) is 5.32 Å². The Bertz CT molecular complexity index is 942. The summed E-state index contributed by atoms with van der Waals surface area (Å²) in [6, 6.07) is 11.7. The van der Waals surface area contributed by atoms with Gasteiger partial charge >= 0.3 is 0 Å². The summed E-state index contributed by atoms with van der Waals surface area (Å²) in [6.07, 6.45) is 0.954. The van der Waals surface area contributed by atoms with Gasteiger partial charge in [-0.1, -0.05) is 35.9 Å². The summed E-state index contributed by atoms with van der Waals surface area (Å²) in [5, 5.41) is 13.7. The Kier molecular flexibility index (Phi) is 6.17. The lowest BCUT2D eigenvalue weighted by Gasteiger charge is -2.28. The third kappa shape index (κ3) is 5.27. The first kappa shape index (κ1) is 20.4. The average Bonchev–Trinajstić information content (AvgIpc) is 2.60. The van der Waals surface area contributed by atoms with E-state index in [1.807, 2.05) is 31.2 Å². The third-order valence-electron chi connectivity index (χ3n) is 3.97. The summed E-state index contributed by atoms with van der Waals surface area (Å²) in [5.74, 6) is -0.507. The van der Waals surface area contributed by atoms with Crippen LogP contribution in [0.5, 0.6) is 0 Å². The lowest BCUT2D eigenvalue weighted by atomic mass is 10.1. The highest BCUT2D eigenvalue weighted by Crippen LogP contribution is 2.25. The number of hydrogen-bond acceptors (Lipinski definition) is 5. The van der Waals surface area contributed by atoms with E-state index in [-0.39, 0.29) is 17.9 Å². The summed E-state index contributed by atoms with van der Waals surface area (Å²) in [7, 11) is -3.84. The van der Waals surface area contributed by atoms with Crippen LogP contribution in [0.4, 0.5) is 11.4 Å². The Morgan fingerprint density at radius 2 is 1.85 bits per heavy atom. The Hall–Kier alpha value is -2.94. The highest BCUT2D eigenvalue weighted by molar-refractivity contribution is 7.92. The molecule has 27 heavy (non-hydrogen) atoms. The molecule has 0 fully saturated rings. The van der Waals surface area contributed by atoms with Crippen molar-refractivity contribution in [2.75, 3.05) is 10.6 Å². The summed E-state index contributed by atoms with van der Waals surface area (Å²) < 4.78 is 25.4. The maximum absolute atomic E-state index is 12.5. The monoisotopic (exact) mass is 391 g/mol. The zero-order valence-electron chi connectivity index (χ0n) is 15.2. The van der Waals surface area contributed by atoms with Crippen LogP contribution < -0.4 is 9.62 Å². The third-order valence-corrected chi connectivity index (χ3v) is 5.21. The highest BCUT2D eigenvalue weighted by atomic mass is 32.2. The smallest absolute Gasteiger partial charge is 0.271 e. The van der Waals surface area contributed by atoms with Crippen molar-refractivity contribution in [1.29, 1.82) is 0 Å². The topological polar surface area (TPSA) is 110 Å². The van der Waals surface area contributed by atoms with Gasteiger partial charge in [0.05, 0.1) is 16.9 Å². The van der Waals surface area contributed by atoms with Crippen molar-refractivity contribution in [3.63, 3.8) is 0 Å². The molecule has 0 bridgehead atoms. The predicted molar refractivity (Wildman–Crippen MR) is 103 cm³/mol.